The lowest BCUT2D eigenvalue weighted by atomic mass is 9.99. The number of aryl methyl sites for hydroxylation is 1. The van der Waals surface area contributed by atoms with Gasteiger partial charge in [-0.15, -0.1) is 5.10 Å². The van der Waals surface area contributed by atoms with Crippen LogP contribution in [0.5, 0.6) is 17.4 Å². The Morgan fingerprint density at radius 3 is 2.61 bits per heavy atom. The lowest BCUT2D eigenvalue weighted by molar-refractivity contribution is -0.131. The van der Waals surface area contributed by atoms with E-state index in [0.29, 0.717) is 23.2 Å². The molecule has 2 heterocycles. The molecule has 7 nitrogen and oxygen atoms in total. The first-order valence-electron chi connectivity index (χ1n) is 11.1. The number of hydrogen-bond donors (Lipinski definition) is 2. The molecule has 188 valence electrons. The van der Waals surface area contributed by atoms with Crippen LogP contribution in [-0.2, 0) is 0 Å². The molecule has 2 aromatic heterocycles. The number of alkyl halides is 3. The lowest BCUT2D eigenvalue weighted by Gasteiger charge is -2.13. The molecule has 4 aromatic rings. The minimum absolute atomic E-state index is 0.00178. The number of aromatic nitrogens is 3. The first-order valence-corrected chi connectivity index (χ1v) is 11.1. The highest BCUT2D eigenvalue weighted by Gasteiger charge is 2.26. The van der Waals surface area contributed by atoms with E-state index < -0.39 is 25.0 Å². The molecule has 0 aliphatic carbocycles. The fourth-order valence-corrected chi connectivity index (χ4v) is 3.67. The van der Waals surface area contributed by atoms with Crippen molar-refractivity contribution in [2.45, 2.75) is 32.9 Å². The number of imidazole rings is 1. The number of benzene rings is 2. The number of nitrogens with zero attached hydrogens (tertiary/aromatic N) is 3. The third-order valence-electron chi connectivity index (χ3n) is 5.44. The van der Waals surface area contributed by atoms with Crippen molar-refractivity contribution in [2.24, 2.45) is 0 Å². The van der Waals surface area contributed by atoms with E-state index in [0.717, 1.165) is 11.6 Å². The van der Waals surface area contributed by atoms with Crippen LogP contribution in [0.2, 0.25) is 0 Å². The molecule has 0 aliphatic heterocycles. The normalized spacial score (nSPS) is 11.6. The van der Waals surface area contributed by atoms with E-state index in [1.807, 2.05) is 0 Å². The van der Waals surface area contributed by atoms with Gasteiger partial charge in [-0.05, 0) is 30.7 Å². The van der Waals surface area contributed by atoms with Gasteiger partial charge in [0.15, 0.2) is 23.0 Å². The maximum atomic E-state index is 14.2. The van der Waals surface area contributed by atoms with Gasteiger partial charge in [-0.25, -0.2) is 13.9 Å². The molecule has 0 fully saturated rings. The summed E-state index contributed by atoms with van der Waals surface area (Å²) in [6, 6.07) is 9.83. The lowest BCUT2D eigenvalue weighted by Crippen LogP contribution is -2.15. The topological polar surface area (TPSA) is 88.8 Å². The van der Waals surface area contributed by atoms with Crippen molar-refractivity contribution in [1.29, 1.82) is 0 Å². The second kappa shape index (κ2) is 9.84. The second-order valence-electron chi connectivity index (χ2n) is 8.09. The summed E-state index contributed by atoms with van der Waals surface area (Å²) >= 11 is 0. The summed E-state index contributed by atoms with van der Waals surface area (Å²) in [4.78, 5) is 16.5. The van der Waals surface area contributed by atoms with Gasteiger partial charge in [-0.3, -0.25) is 4.79 Å². The smallest absolute Gasteiger partial charge is 0.390 e. The molecule has 36 heavy (non-hydrogen) atoms. The van der Waals surface area contributed by atoms with Crippen molar-refractivity contribution in [1.82, 2.24) is 14.6 Å². The zero-order valence-corrected chi connectivity index (χ0v) is 19.4. The van der Waals surface area contributed by atoms with E-state index in [2.05, 4.69) is 15.4 Å². The average molecular weight is 502 g/mol. The highest BCUT2D eigenvalue weighted by Crippen LogP contribution is 2.32. The largest absolute Gasteiger partial charge is 0.508 e. The number of carbonyl (C=O) groups excluding carboxylic acids is 1. The first-order chi connectivity index (χ1) is 17.1. The maximum Gasteiger partial charge on any atom is 0.390 e. The summed E-state index contributed by atoms with van der Waals surface area (Å²) in [5.74, 6) is -1.49. The molecule has 0 saturated heterocycles. The predicted octanol–water partition coefficient (Wildman–Crippen LogP) is 6.30. The Kier molecular flexibility index (Phi) is 6.82. The van der Waals surface area contributed by atoms with Crippen LogP contribution in [0.25, 0.3) is 16.9 Å². The number of halogens is 4. The van der Waals surface area contributed by atoms with Crippen LogP contribution >= 0.6 is 0 Å². The van der Waals surface area contributed by atoms with Gasteiger partial charge >= 0.3 is 6.18 Å². The summed E-state index contributed by atoms with van der Waals surface area (Å²) < 4.78 is 59.3. The van der Waals surface area contributed by atoms with Crippen LogP contribution in [0.3, 0.4) is 0 Å². The van der Waals surface area contributed by atoms with Crippen molar-refractivity contribution >= 4 is 17.1 Å². The Morgan fingerprint density at radius 2 is 1.94 bits per heavy atom. The second-order valence-corrected chi connectivity index (χ2v) is 8.09. The number of nitrogens with one attached hydrogen (secondary N) is 1. The Morgan fingerprint density at radius 1 is 1.17 bits per heavy atom. The fraction of sp³-hybridized carbons (Fsp3) is 0.240. The summed E-state index contributed by atoms with van der Waals surface area (Å²) in [6.07, 6.45) is -3.58. The molecule has 0 atom stereocenters. The Hall–Kier alpha value is -4.15. The van der Waals surface area contributed by atoms with E-state index in [9.17, 15) is 27.5 Å². The monoisotopic (exact) mass is 502 g/mol. The van der Waals surface area contributed by atoms with E-state index in [1.165, 1.54) is 28.9 Å². The van der Waals surface area contributed by atoms with Gasteiger partial charge in [0.25, 0.3) is 0 Å². The molecule has 0 spiro atoms. The number of anilines is 1. The molecule has 0 saturated carbocycles. The first kappa shape index (κ1) is 25.0. The molecule has 0 radical (unpaired) electrons. The number of carbonyl (C=O) groups is 1. The molecule has 0 amide bonds. The average Bonchev–Trinajstić information content (AvgIpc) is 3.23. The van der Waals surface area contributed by atoms with Crippen molar-refractivity contribution < 1.29 is 32.2 Å². The van der Waals surface area contributed by atoms with Crippen molar-refractivity contribution in [3.05, 3.63) is 65.6 Å². The van der Waals surface area contributed by atoms with Gasteiger partial charge in [0.1, 0.15) is 5.75 Å². The minimum atomic E-state index is -4.36. The number of fused-ring (bicyclic) bond motifs is 1. The van der Waals surface area contributed by atoms with Crippen LogP contribution in [0.4, 0.5) is 23.2 Å². The van der Waals surface area contributed by atoms with Crippen LogP contribution in [0, 0.1) is 12.7 Å². The van der Waals surface area contributed by atoms with Crippen molar-refractivity contribution in [3.8, 4) is 28.6 Å². The molecule has 4 rings (SSSR count). The Balaban J connectivity index is 1.78. The van der Waals surface area contributed by atoms with Gasteiger partial charge in [-0.2, -0.15) is 13.2 Å². The number of Topliss-reactive ketones (excluding diaryl/α,β-unsaturated/α-hetero) is 1. The number of ether oxygens (including phenoxy) is 1. The molecular weight excluding hydrogens is 480 g/mol. The van der Waals surface area contributed by atoms with E-state index >= 15 is 0 Å². The van der Waals surface area contributed by atoms with Crippen molar-refractivity contribution in [2.75, 3.05) is 11.9 Å². The standard InChI is InChI=1S/C25H22F4N4O3/c1-3-21(35)17-6-4-15(10-14(17)2)20-13-31-24-19(30-9-8-25(27,28)29)12-23(32-33(20)24)36-22-7-5-16(34)11-18(22)26/h4-7,10-13,30,34H,3,8-9H2,1-2H3. The quantitative estimate of drug-likeness (QED) is 0.217. The van der Waals surface area contributed by atoms with Gasteiger partial charge in [-0.1, -0.05) is 19.1 Å². The van der Waals surface area contributed by atoms with Gasteiger partial charge in [0, 0.05) is 36.2 Å². The number of phenolic OH excluding ortho intramolecular Hbond substituents is 1. The zero-order chi connectivity index (χ0) is 26.0. The molecule has 2 aromatic carbocycles. The molecule has 0 aliphatic rings. The molecule has 2 N–H and O–H groups in total. The van der Waals surface area contributed by atoms with Crippen LogP contribution in [0.1, 0.15) is 35.7 Å². The maximum absolute atomic E-state index is 14.2. The molecule has 0 unspecified atom stereocenters. The number of phenols is 1. The van der Waals surface area contributed by atoms with Gasteiger partial charge < -0.3 is 15.2 Å². The molecule has 0 bridgehead atoms. The number of ketones is 1. The Bertz CT molecular complexity index is 1430. The number of hydrogen-bond acceptors (Lipinski definition) is 6. The van der Waals surface area contributed by atoms with Crippen molar-refractivity contribution in [3.63, 3.8) is 0 Å². The number of aromatic hydroxyl groups is 1. The van der Waals surface area contributed by atoms with Crippen LogP contribution in [-0.4, -0.2) is 38.2 Å². The van der Waals surface area contributed by atoms with Gasteiger partial charge in [0.05, 0.1) is 24.0 Å². The van der Waals surface area contributed by atoms with E-state index in [-0.39, 0.29) is 34.5 Å². The highest BCUT2D eigenvalue weighted by molar-refractivity contribution is 5.97. The number of rotatable bonds is 8. The van der Waals surface area contributed by atoms with Gasteiger partial charge in [0.2, 0.25) is 5.88 Å². The van der Waals surface area contributed by atoms with Crippen LogP contribution < -0.4 is 10.1 Å². The Labute approximate surface area is 203 Å². The van der Waals surface area contributed by atoms with E-state index in [1.54, 1.807) is 32.0 Å². The predicted molar refractivity (Wildman–Crippen MR) is 125 cm³/mol. The zero-order valence-electron chi connectivity index (χ0n) is 19.4. The summed E-state index contributed by atoms with van der Waals surface area (Å²) in [5.41, 5.74) is 2.91. The fourth-order valence-electron chi connectivity index (χ4n) is 3.67. The molecular formula is C25H22F4N4O3. The molecule has 11 heteroatoms. The van der Waals surface area contributed by atoms with Crippen LogP contribution in [0.15, 0.2) is 48.7 Å². The summed E-state index contributed by atoms with van der Waals surface area (Å²) in [5, 5.41) is 16.5. The third kappa shape index (κ3) is 5.40. The SMILES string of the molecule is CCC(=O)c1ccc(-c2cnc3c(NCCC(F)(F)F)cc(Oc4ccc(O)cc4F)nn23)cc1C. The highest BCUT2D eigenvalue weighted by atomic mass is 19.4. The minimum Gasteiger partial charge on any atom is -0.508 e. The van der Waals surface area contributed by atoms with E-state index in [4.69, 9.17) is 4.74 Å². The third-order valence-corrected chi connectivity index (χ3v) is 5.44. The summed E-state index contributed by atoms with van der Waals surface area (Å²) in [7, 11) is 0. The summed E-state index contributed by atoms with van der Waals surface area (Å²) in [6.45, 7) is 3.15.